The van der Waals surface area contributed by atoms with Crippen molar-refractivity contribution in [2.45, 2.75) is 25.0 Å². The first-order valence-corrected chi connectivity index (χ1v) is 3.83. The minimum absolute atomic E-state index is 0.222. The number of methoxy groups -OCH3 is 1. The average molecular weight is 144 g/mol. The smallest absolute Gasteiger partial charge is 0.0734 e. The van der Waals surface area contributed by atoms with Gasteiger partial charge < -0.3 is 15.8 Å². The van der Waals surface area contributed by atoms with Gasteiger partial charge in [-0.05, 0) is 25.9 Å². The van der Waals surface area contributed by atoms with E-state index in [0.29, 0.717) is 0 Å². The van der Waals surface area contributed by atoms with Gasteiger partial charge >= 0.3 is 0 Å². The van der Waals surface area contributed by atoms with Crippen molar-refractivity contribution in [3.8, 4) is 0 Å². The van der Waals surface area contributed by atoms with E-state index in [0.717, 1.165) is 25.9 Å². The molecular formula is C7H16N2O. The molecule has 0 aromatic carbocycles. The number of hydrogen-bond acceptors (Lipinski definition) is 3. The Hall–Kier alpha value is -0.120. The second kappa shape index (κ2) is 3.91. The molecule has 1 fully saturated rings. The van der Waals surface area contributed by atoms with Crippen molar-refractivity contribution in [2.75, 3.05) is 20.2 Å². The van der Waals surface area contributed by atoms with E-state index in [1.807, 2.05) is 0 Å². The van der Waals surface area contributed by atoms with Crippen LogP contribution in [0.5, 0.6) is 0 Å². The number of nitrogens with one attached hydrogen (secondary N) is 1. The monoisotopic (exact) mass is 144 g/mol. The van der Waals surface area contributed by atoms with Crippen LogP contribution in [0, 0.1) is 0 Å². The molecule has 3 nitrogen and oxygen atoms in total. The van der Waals surface area contributed by atoms with Crippen molar-refractivity contribution >= 4 is 0 Å². The van der Waals surface area contributed by atoms with E-state index in [-0.39, 0.29) is 12.1 Å². The van der Waals surface area contributed by atoms with Crippen LogP contribution in [0.2, 0.25) is 0 Å². The minimum atomic E-state index is 0.222. The lowest BCUT2D eigenvalue weighted by atomic mass is 10.1. The van der Waals surface area contributed by atoms with Gasteiger partial charge in [-0.3, -0.25) is 0 Å². The summed E-state index contributed by atoms with van der Waals surface area (Å²) in [6, 6.07) is 0.222. The molecular weight excluding hydrogens is 128 g/mol. The number of rotatable bonds is 1. The maximum atomic E-state index is 5.82. The largest absolute Gasteiger partial charge is 0.380 e. The third-order valence-electron chi connectivity index (χ3n) is 2.04. The molecule has 0 spiro atoms. The Morgan fingerprint density at radius 2 is 2.10 bits per heavy atom. The zero-order valence-electron chi connectivity index (χ0n) is 6.47. The van der Waals surface area contributed by atoms with Crippen molar-refractivity contribution < 1.29 is 4.74 Å². The lowest BCUT2D eigenvalue weighted by molar-refractivity contribution is 0.0779. The first kappa shape index (κ1) is 7.98. The molecule has 3 heteroatoms. The fraction of sp³-hybridized carbons (Fsp3) is 1.00. The van der Waals surface area contributed by atoms with Crippen LogP contribution in [0.4, 0.5) is 0 Å². The molecule has 0 radical (unpaired) electrons. The van der Waals surface area contributed by atoms with Gasteiger partial charge in [0.1, 0.15) is 0 Å². The van der Waals surface area contributed by atoms with Gasteiger partial charge in [0.05, 0.1) is 6.10 Å². The van der Waals surface area contributed by atoms with Crippen molar-refractivity contribution in [3.63, 3.8) is 0 Å². The Labute approximate surface area is 61.9 Å². The molecule has 10 heavy (non-hydrogen) atoms. The molecule has 0 bridgehead atoms. The summed E-state index contributed by atoms with van der Waals surface area (Å²) in [6.45, 7) is 2.06. The van der Waals surface area contributed by atoms with E-state index in [1.54, 1.807) is 7.11 Å². The molecule has 1 saturated heterocycles. The normalized spacial score (nSPS) is 35.4. The van der Waals surface area contributed by atoms with Gasteiger partial charge in [-0.25, -0.2) is 0 Å². The van der Waals surface area contributed by atoms with Crippen molar-refractivity contribution in [2.24, 2.45) is 5.73 Å². The Morgan fingerprint density at radius 3 is 2.80 bits per heavy atom. The quantitative estimate of drug-likeness (QED) is 0.532. The first-order valence-electron chi connectivity index (χ1n) is 3.83. The van der Waals surface area contributed by atoms with Crippen LogP contribution in [0.1, 0.15) is 12.8 Å². The van der Waals surface area contributed by atoms with Gasteiger partial charge in [-0.1, -0.05) is 0 Å². The van der Waals surface area contributed by atoms with E-state index in [4.69, 9.17) is 10.5 Å². The molecule has 0 aliphatic carbocycles. The summed E-state index contributed by atoms with van der Waals surface area (Å²) in [5, 5.41) is 3.28. The Morgan fingerprint density at radius 1 is 1.40 bits per heavy atom. The number of nitrogens with two attached hydrogens (primary N) is 1. The highest BCUT2D eigenvalue weighted by Crippen LogP contribution is 2.06. The molecule has 0 aromatic heterocycles. The number of ether oxygens (including phenoxy) is 1. The Balaban J connectivity index is 2.35. The zero-order valence-corrected chi connectivity index (χ0v) is 6.47. The van der Waals surface area contributed by atoms with E-state index in [9.17, 15) is 0 Å². The Kier molecular flexibility index (Phi) is 3.12. The van der Waals surface area contributed by atoms with E-state index >= 15 is 0 Å². The fourth-order valence-corrected chi connectivity index (χ4v) is 1.33. The van der Waals surface area contributed by atoms with Crippen LogP contribution in [-0.2, 0) is 4.74 Å². The van der Waals surface area contributed by atoms with Crippen LogP contribution in [0.25, 0.3) is 0 Å². The predicted octanol–water partition coefficient (Wildman–Crippen LogP) is -0.288. The second-order valence-corrected chi connectivity index (χ2v) is 2.77. The van der Waals surface area contributed by atoms with Crippen molar-refractivity contribution in [1.82, 2.24) is 5.32 Å². The van der Waals surface area contributed by atoms with E-state index < -0.39 is 0 Å². The van der Waals surface area contributed by atoms with Crippen molar-refractivity contribution in [3.05, 3.63) is 0 Å². The highest BCUT2D eigenvalue weighted by Gasteiger charge is 2.18. The van der Waals surface area contributed by atoms with Crippen molar-refractivity contribution in [1.29, 1.82) is 0 Å². The summed E-state index contributed by atoms with van der Waals surface area (Å²) in [5.41, 5.74) is 5.82. The summed E-state index contributed by atoms with van der Waals surface area (Å²) < 4.78 is 5.22. The van der Waals surface area contributed by atoms with Crippen LogP contribution in [-0.4, -0.2) is 32.3 Å². The third-order valence-corrected chi connectivity index (χ3v) is 2.04. The standard InChI is InChI=1S/C7H16N2O/c1-10-7-3-5-9-4-2-6(7)8/h6-7,9H,2-5,8H2,1H3/t6-,7+/m0/s1. The lowest BCUT2D eigenvalue weighted by Gasteiger charge is -2.18. The third kappa shape index (κ3) is 1.94. The second-order valence-electron chi connectivity index (χ2n) is 2.77. The summed E-state index contributed by atoms with van der Waals surface area (Å²) in [6.07, 6.45) is 2.32. The molecule has 60 valence electrons. The van der Waals surface area contributed by atoms with Crippen LogP contribution < -0.4 is 11.1 Å². The molecule has 0 aromatic rings. The topological polar surface area (TPSA) is 47.3 Å². The van der Waals surface area contributed by atoms with Gasteiger partial charge in [0.15, 0.2) is 0 Å². The van der Waals surface area contributed by atoms with Gasteiger partial charge in [0.2, 0.25) is 0 Å². The summed E-state index contributed by atoms with van der Waals surface area (Å²) in [7, 11) is 1.73. The van der Waals surface area contributed by atoms with E-state index in [2.05, 4.69) is 5.32 Å². The average Bonchev–Trinajstić information content (AvgIpc) is 2.13. The molecule has 1 aliphatic heterocycles. The molecule has 1 rings (SSSR count). The Bertz CT molecular complexity index is 97.6. The van der Waals surface area contributed by atoms with E-state index in [1.165, 1.54) is 0 Å². The van der Waals surface area contributed by atoms with Gasteiger partial charge in [0.25, 0.3) is 0 Å². The zero-order chi connectivity index (χ0) is 7.40. The summed E-state index contributed by atoms with van der Waals surface area (Å²) in [4.78, 5) is 0. The van der Waals surface area contributed by atoms with Gasteiger partial charge in [-0.2, -0.15) is 0 Å². The van der Waals surface area contributed by atoms with Gasteiger partial charge in [0, 0.05) is 13.2 Å². The lowest BCUT2D eigenvalue weighted by Crippen LogP contribution is -2.35. The van der Waals surface area contributed by atoms with Crippen LogP contribution >= 0.6 is 0 Å². The molecule has 3 N–H and O–H groups in total. The predicted molar refractivity (Wildman–Crippen MR) is 40.9 cm³/mol. The molecule has 0 unspecified atom stereocenters. The minimum Gasteiger partial charge on any atom is -0.380 e. The highest BCUT2D eigenvalue weighted by molar-refractivity contribution is 4.78. The molecule has 0 saturated carbocycles. The van der Waals surface area contributed by atoms with Gasteiger partial charge in [-0.15, -0.1) is 0 Å². The first-order chi connectivity index (χ1) is 4.84. The summed E-state index contributed by atoms with van der Waals surface area (Å²) >= 11 is 0. The summed E-state index contributed by atoms with van der Waals surface area (Å²) in [5.74, 6) is 0. The molecule has 1 aliphatic rings. The van der Waals surface area contributed by atoms with Crippen LogP contribution in [0.3, 0.4) is 0 Å². The number of hydrogen-bond donors (Lipinski definition) is 2. The van der Waals surface area contributed by atoms with Crippen LogP contribution in [0.15, 0.2) is 0 Å². The molecule has 0 amide bonds. The maximum Gasteiger partial charge on any atom is 0.0734 e. The maximum absolute atomic E-state index is 5.82. The highest BCUT2D eigenvalue weighted by atomic mass is 16.5. The molecule has 2 atom stereocenters. The molecule has 1 heterocycles. The SMILES string of the molecule is CO[C@@H]1CCNCC[C@@H]1N. The fourth-order valence-electron chi connectivity index (χ4n) is 1.33.